The fourth-order valence-corrected chi connectivity index (χ4v) is 2.65. The number of nitrogens with one attached hydrogen (secondary N) is 1. The van der Waals surface area contributed by atoms with Gasteiger partial charge in [0.15, 0.2) is 11.7 Å². The Hall–Kier alpha value is -2.12. The first kappa shape index (κ1) is 14.3. The van der Waals surface area contributed by atoms with Crippen molar-refractivity contribution < 1.29 is 10.0 Å². The summed E-state index contributed by atoms with van der Waals surface area (Å²) in [6.07, 6.45) is 5.64. The van der Waals surface area contributed by atoms with Crippen LogP contribution in [-0.4, -0.2) is 31.7 Å². The lowest BCUT2D eigenvalue weighted by Gasteiger charge is -2.34. The first-order valence-corrected chi connectivity index (χ1v) is 6.69. The van der Waals surface area contributed by atoms with Crippen molar-refractivity contribution in [2.75, 3.05) is 0 Å². The van der Waals surface area contributed by atoms with Crippen LogP contribution in [0, 0.1) is 5.41 Å². The second kappa shape index (κ2) is 5.89. The summed E-state index contributed by atoms with van der Waals surface area (Å²) in [4.78, 5) is 12.5. The summed E-state index contributed by atoms with van der Waals surface area (Å²) in [5.41, 5.74) is 4.87. The zero-order valence-corrected chi connectivity index (χ0v) is 11.5. The third-order valence-electron chi connectivity index (χ3n) is 3.95. The van der Waals surface area contributed by atoms with E-state index in [9.17, 15) is 4.79 Å². The number of hydrogen-bond acceptors (Lipinski definition) is 5. The molecule has 1 aliphatic carbocycles. The number of oxime groups is 1. The van der Waals surface area contributed by atoms with Crippen LogP contribution in [0.1, 0.15) is 37.9 Å². The van der Waals surface area contributed by atoms with Crippen LogP contribution in [0.2, 0.25) is 0 Å². The summed E-state index contributed by atoms with van der Waals surface area (Å²) in [6.45, 7) is 0.274. The van der Waals surface area contributed by atoms with E-state index in [1.807, 2.05) is 0 Å². The molecule has 1 aromatic rings. The molecule has 0 unspecified atom stereocenters. The van der Waals surface area contributed by atoms with Crippen LogP contribution in [0.25, 0.3) is 0 Å². The third kappa shape index (κ3) is 2.59. The summed E-state index contributed by atoms with van der Waals surface area (Å²) in [6, 6.07) is 0. The maximum Gasteiger partial charge on any atom is 0.234 e. The van der Waals surface area contributed by atoms with E-state index < -0.39 is 5.41 Å². The molecule has 0 radical (unpaired) electrons. The average Bonchev–Trinajstić information content (AvgIpc) is 2.89. The van der Waals surface area contributed by atoms with E-state index in [4.69, 9.17) is 10.9 Å². The molecule has 0 aromatic carbocycles. The van der Waals surface area contributed by atoms with Crippen molar-refractivity contribution in [3.63, 3.8) is 0 Å². The van der Waals surface area contributed by atoms with Gasteiger partial charge in [-0.25, -0.2) is 0 Å². The Bertz CT molecular complexity index is 504. The highest BCUT2D eigenvalue weighted by atomic mass is 16.4. The number of amidine groups is 1. The first-order chi connectivity index (χ1) is 9.60. The Labute approximate surface area is 117 Å². The molecule has 0 spiro atoms. The standard InChI is InChI=1S/C12H20N6O2/c1-18-8-15-16-9(18)7-14-11(19)12(10(13)17-20)5-3-2-4-6-12/h8,20H,2-7H2,1H3,(H2,13,17)(H,14,19). The van der Waals surface area contributed by atoms with Crippen molar-refractivity contribution in [2.45, 2.75) is 38.6 Å². The Morgan fingerprint density at radius 1 is 1.55 bits per heavy atom. The number of nitrogens with zero attached hydrogens (tertiary/aromatic N) is 4. The minimum absolute atomic E-state index is 0.00679. The fraction of sp³-hybridized carbons (Fsp3) is 0.667. The van der Waals surface area contributed by atoms with Crippen LogP contribution >= 0.6 is 0 Å². The SMILES string of the molecule is Cn1cnnc1CNC(=O)C1(C(N)=NO)CCCCC1. The lowest BCUT2D eigenvalue weighted by Crippen LogP contribution is -2.50. The monoisotopic (exact) mass is 280 g/mol. The highest BCUT2D eigenvalue weighted by Gasteiger charge is 2.43. The Morgan fingerprint density at radius 2 is 2.25 bits per heavy atom. The van der Waals surface area contributed by atoms with Gasteiger partial charge in [-0.05, 0) is 12.8 Å². The molecule has 1 fully saturated rings. The molecular weight excluding hydrogens is 260 g/mol. The lowest BCUT2D eigenvalue weighted by atomic mass is 9.72. The molecule has 1 saturated carbocycles. The van der Waals surface area contributed by atoms with Crippen molar-refractivity contribution in [1.29, 1.82) is 0 Å². The Balaban J connectivity index is 2.09. The van der Waals surface area contributed by atoms with Gasteiger partial charge >= 0.3 is 0 Å². The van der Waals surface area contributed by atoms with Gasteiger partial charge in [0.25, 0.3) is 0 Å². The molecule has 0 atom stereocenters. The van der Waals surface area contributed by atoms with E-state index in [1.165, 1.54) is 0 Å². The molecule has 1 heterocycles. The van der Waals surface area contributed by atoms with Gasteiger partial charge in [-0.1, -0.05) is 24.4 Å². The van der Waals surface area contributed by atoms with Crippen molar-refractivity contribution in [2.24, 2.45) is 23.4 Å². The van der Waals surface area contributed by atoms with Crippen LogP contribution in [0.3, 0.4) is 0 Å². The number of aromatic nitrogens is 3. The van der Waals surface area contributed by atoms with Gasteiger partial charge in [0.1, 0.15) is 11.7 Å². The maximum absolute atomic E-state index is 12.5. The topological polar surface area (TPSA) is 118 Å². The smallest absolute Gasteiger partial charge is 0.234 e. The minimum Gasteiger partial charge on any atom is -0.409 e. The fourth-order valence-electron chi connectivity index (χ4n) is 2.65. The zero-order valence-electron chi connectivity index (χ0n) is 11.5. The molecule has 0 bridgehead atoms. The van der Waals surface area contributed by atoms with Crippen LogP contribution in [0.5, 0.6) is 0 Å². The zero-order chi connectivity index (χ0) is 14.6. The van der Waals surface area contributed by atoms with E-state index in [-0.39, 0.29) is 18.3 Å². The third-order valence-corrected chi connectivity index (χ3v) is 3.95. The number of nitrogens with two attached hydrogens (primary N) is 1. The summed E-state index contributed by atoms with van der Waals surface area (Å²) in [5.74, 6) is 0.437. The van der Waals surface area contributed by atoms with E-state index in [0.29, 0.717) is 18.7 Å². The first-order valence-electron chi connectivity index (χ1n) is 6.69. The molecule has 1 aliphatic rings. The second-order valence-electron chi connectivity index (χ2n) is 5.17. The average molecular weight is 280 g/mol. The quantitative estimate of drug-likeness (QED) is 0.313. The molecule has 1 aromatic heterocycles. The Kier molecular flexibility index (Phi) is 4.21. The van der Waals surface area contributed by atoms with Crippen LogP contribution < -0.4 is 11.1 Å². The lowest BCUT2D eigenvalue weighted by molar-refractivity contribution is -0.129. The van der Waals surface area contributed by atoms with Gasteiger partial charge in [0.2, 0.25) is 5.91 Å². The van der Waals surface area contributed by atoms with Gasteiger partial charge in [-0.3, -0.25) is 4.79 Å². The molecule has 0 aliphatic heterocycles. The van der Waals surface area contributed by atoms with Gasteiger partial charge in [-0.2, -0.15) is 0 Å². The summed E-state index contributed by atoms with van der Waals surface area (Å²) in [5, 5.41) is 22.5. The molecule has 8 heteroatoms. The van der Waals surface area contributed by atoms with Gasteiger partial charge < -0.3 is 20.8 Å². The molecule has 20 heavy (non-hydrogen) atoms. The molecule has 110 valence electrons. The van der Waals surface area contributed by atoms with Crippen LogP contribution in [-0.2, 0) is 18.4 Å². The predicted octanol–water partition coefficient (Wildman–Crippen LogP) is 0.128. The van der Waals surface area contributed by atoms with Gasteiger partial charge in [0.05, 0.1) is 6.54 Å². The van der Waals surface area contributed by atoms with Gasteiger partial charge in [-0.15, -0.1) is 10.2 Å². The largest absolute Gasteiger partial charge is 0.409 e. The van der Waals surface area contributed by atoms with E-state index >= 15 is 0 Å². The van der Waals surface area contributed by atoms with Crippen molar-refractivity contribution >= 4 is 11.7 Å². The minimum atomic E-state index is -0.897. The molecule has 4 N–H and O–H groups in total. The van der Waals surface area contributed by atoms with E-state index in [2.05, 4.69) is 20.7 Å². The number of rotatable bonds is 4. The molecule has 8 nitrogen and oxygen atoms in total. The van der Waals surface area contributed by atoms with E-state index in [0.717, 1.165) is 19.3 Å². The van der Waals surface area contributed by atoms with Crippen LogP contribution in [0.15, 0.2) is 11.5 Å². The normalized spacial score (nSPS) is 18.8. The number of aryl methyl sites for hydroxylation is 1. The van der Waals surface area contributed by atoms with Gasteiger partial charge in [0, 0.05) is 7.05 Å². The predicted molar refractivity (Wildman–Crippen MR) is 71.8 cm³/mol. The molecular formula is C12H20N6O2. The maximum atomic E-state index is 12.5. The highest BCUT2D eigenvalue weighted by molar-refractivity contribution is 6.06. The van der Waals surface area contributed by atoms with Crippen LogP contribution in [0.4, 0.5) is 0 Å². The summed E-state index contributed by atoms with van der Waals surface area (Å²) in [7, 11) is 1.81. The number of carbonyl (C=O) groups excluding carboxylic acids is 1. The molecule has 0 saturated heterocycles. The number of amides is 1. The number of hydrogen-bond donors (Lipinski definition) is 3. The number of carbonyl (C=O) groups is 1. The van der Waals surface area contributed by atoms with E-state index in [1.54, 1.807) is 17.9 Å². The van der Waals surface area contributed by atoms with Crippen molar-refractivity contribution in [3.05, 3.63) is 12.2 Å². The van der Waals surface area contributed by atoms with Crippen molar-refractivity contribution in [3.8, 4) is 0 Å². The second-order valence-corrected chi connectivity index (χ2v) is 5.17. The van der Waals surface area contributed by atoms with Crippen molar-refractivity contribution in [1.82, 2.24) is 20.1 Å². The molecule has 2 rings (SSSR count). The molecule has 1 amide bonds. The summed E-state index contributed by atoms with van der Waals surface area (Å²) < 4.78 is 1.73. The highest BCUT2D eigenvalue weighted by Crippen LogP contribution is 2.36. The summed E-state index contributed by atoms with van der Waals surface area (Å²) >= 11 is 0. The Morgan fingerprint density at radius 3 is 2.80 bits per heavy atom.